The Morgan fingerprint density at radius 2 is 1.72 bits per heavy atom. The number of anilines is 2. The summed E-state index contributed by atoms with van der Waals surface area (Å²) in [6.07, 6.45) is -2.96. The first kappa shape index (κ1) is 21.2. The number of hydrogen-bond acceptors (Lipinski definition) is 5. The zero-order valence-corrected chi connectivity index (χ0v) is 16.2. The van der Waals surface area contributed by atoms with Crippen molar-refractivity contribution in [2.24, 2.45) is 0 Å². The van der Waals surface area contributed by atoms with Gasteiger partial charge >= 0.3 is 12.1 Å². The molecule has 10 heteroatoms. The maximum atomic E-state index is 13.4. The number of pyridine rings is 3. The highest BCUT2D eigenvalue weighted by atomic mass is 19.4. The zero-order chi connectivity index (χ0) is 22.9. The smallest absolute Gasteiger partial charge is 0.416 e. The Morgan fingerprint density at radius 3 is 2.38 bits per heavy atom. The van der Waals surface area contributed by atoms with Gasteiger partial charge in [0.15, 0.2) is 5.65 Å². The second-order valence-corrected chi connectivity index (χ2v) is 6.77. The van der Waals surface area contributed by atoms with Crippen molar-refractivity contribution in [3.05, 3.63) is 77.6 Å². The number of rotatable bonds is 5. The van der Waals surface area contributed by atoms with E-state index in [4.69, 9.17) is 0 Å². The monoisotopic (exact) mass is 442 g/mol. The normalized spacial score (nSPS) is 11.5. The third-order valence-corrected chi connectivity index (χ3v) is 4.68. The van der Waals surface area contributed by atoms with Crippen molar-refractivity contribution < 1.29 is 27.5 Å². The van der Waals surface area contributed by atoms with E-state index in [9.17, 15) is 27.5 Å². The summed E-state index contributed by atoms with van der Waals surface area (Å²) in [6.45, 7) is -0.856. The lowest BCUT2D eigenvalue weighted by Gasteiger charge is -2.12. The molecule has 4 rings (SSSR count). The van der Waals surface area contributed by atoms with Crippen LogP contribution >= 0.6 is 0 Å². The van der Waals surface area contributed by atoms with Crippen LogP contribution < -0.4 is 5.32 Å². The number of hydrogen-bond donors (Lipinski definition) is 2. The summed E-state index contributed by atoms with van der Waals surface area (Å²) >= 11 is 0. The van der Waals surface area contributed by atoms with Gasteiger partial charge in [-0.15, -0.1) is 0 Å². The van der Waals surface area contributed by atoms with Gasteiger partial charge in [0.05, 0.1) is 22.6 Å². The summed E-state index contributed by atoms with van der Waals surface area (Å²) in [5.74, 6) is -1.25. The minimum Gasteiger partial charge on any atom is -0.477 e. The van der Waals surface area contributed by atoms with Crippen LogP contribution in [0.1, 0.15) is 21.6 Å². The van der Waals surface area contributed by atoms with E-state index in [0.29, 0.717) is 16.8 Å². The van der Waals surface area contributed by atoms with Crippen LogP contribution in [0.15, 0.2) is 60.8 Å². The molecular weight excluding hydrogens is 428 g/mol. The van der Waals surface area contributed by atoms with Gasteiger partial charge in [-0.05, 0) is 48.5 Å². The molecule has 4 aromatic rings. The maximum absolute atomic E-state index is 13.4. The van der Waals surface area contributed by atoms with Crippen molar-refractivity contribution in [3.63, 3.8) is 0 Å². The van der Waals surface area contributed by atoms with Crippen LogP contribution in [0.25, 0.3) is 22.4 Å². The zero-order valence-electron chi connectivity index (χ0n) is 16.2. The second kappa shape index (κ2) is 8.22. The second-order valence-electron chi connectivity index (χ2n) is 6.77. The van der Waals surface area contributed by atoms with Crippen LogP contribution in [0.5, 0.6) is 0 Å². The van der Waals surface area contributed by atoms with Crippen molar-refractivity contribution in [1.29, 1.82) is 0 Å². The molecule has 0 radical (unpaired) electrons. The van der Waals surface area contributed by atoms with Gasteiger partial charge in [0.25, 0.3) is 0 Å². The quantitative estimate of drug-likeness (QED) is 0.390. The molecule has 0 fully saturated rings. The van der Waals surface area contributed by atoms with Gasteiger partial charge in [0.2, 0.25) is 0 Å². The fraction of sp³-hybridized carbons (Fsp3) is 0.0909. The van der Waals surface area contributed by atoms with Gasteiger partial charge in [-0.25, -0.2) is 24.1 Å². The number of nitrogens with zero attached hydrogens (tertiary/aromatic N) is 3. The summed E-state index contributed by atoms with van der Waals surface area (Å²) in [4.78, 5) is 23.8. The number of nitrogens with one attached hydrogen (secondary N) is 1. The number of aromatic carboxylic acids is 1. The van der Waals surface area contributed by atoms with Crippen LogP contribution in [-0.4, -0.2) is 26.0 Å². The van der Waals surface area contributed by atoms with Crippen LogP contribution in [-0.2, 0) is 12.9 Å². The molecule has 3 aromatic heterocycles. The fourth-order valence-corrected chi connectivity index (χ4v) is 3.10. The van der Waals surface area contributed by atoms with Crippen LogP contribution in [0.4, 0.5) is 28.9 Å². The maximum Gasteiger partial charge on any atom is 0.416 e. The molecule has 0 spiro atoms. The van der Waals surface area contributed by atoms with E-state index >= 15 is 0 Å². The molecule has 162 valence electrons. The standard InChI is InChI=1S/C22H14F4N4O2/c23-11-12-1-7-18(21(31)32)29-19(12)17-8-6-15-16(9-10-27-20(15)30-17)28-14-4-2-13(3-5-14)22(24,25)26/h1-10H,11H2,(H,31,32)(H,27,28,30). The highest BCUT2D eigenvalue weighted by Crippen LogP contribution is 2.32. The summed E-state index contributed by atoms with van der Waals surface area (Å²) in [6, 6.07) is 12.0. The largest absolute Gasteiger partial charge is 0.477 e. The van der Waals surface area contributed by atoms with Crippen molar-refractivity contribution in [3.8, 4) is 11.4 Å². The molecule has 0 aliphatic carbocycles. The SMILES string of the molecule is O=C(O)c1ccc(CF)c(-c2ccc3c(Nc4ccc(C(F)(F)F)cc4)ccnc3n2)n1. The van der Waals surface area contributed by atoms with E-state index in [1.54, 1.807) is 18.2 Å². The Morgan fingerprint density at radius 1 is 0.969 bits per heavy atom. The van der Waals surface area contributed by atoms with Crippen molar-refractivity contribution in [1.82, 2.24) is 15.0 Å². The first-order valence-corrected chi connectivity index (χ1v) is 9.26. The van der Waals surface area contributed by atoms with Crippen molar-refractivity contribution in [2.45, 2.75) is 12.9 Å². The predicted molar refractivity (Wildman–Crippen MR) is 109 cm³/mol. The van der Waals surface area contributed by atoms with E-state index in [0.717, 1.165) is 12.1 Å². The first-order valence-electron chi connectivity index (χ1n) is 9.26. The third kappa shape index (κ3) is 4.20. The Kier molecular flexibility index (Phi) is 5.43. The molecule has 0 bridgehead atoms. The average Bonchev–Trinajstić information content (AvgIpc) is 2.78. The number of aromatic nitrogens is 3. The lowest BCUT2D eigenvalue weighted by molar-refractivity contribution is -0.137. The average molecular weight is 442 g/mol. The lowest BCUT2D eigenvalue weighted by atomic mass is 10.1. The number of fused-ring (bicyclic) bond motifs is 1. The Hall–Kier alpha value is -4.08. The highest BCUT2D eigenvalue weighted by molar-refractivity contribution is 5.92. The molecule has 3 heterocycles. The van der Waals surface area contributed by atoms with Gasteiger partial charge in [0, 0.05) is 22.8 Å². The number of carbonyl (C=O) groups is 1. The number of benzene rings is 1. The number of alkyl halides is 4. The van der Waals surface area contributed by atoms with Gasteiger partial charge in [0.1, 0.15) is 12.4 Å². The van der Waals surface area contributed by atoms with E-state index in [-0.39, 0.29) is 28.3 Å². The molecule has 2 N–H and O–H groups in total. The Balaban J connectivity index is 1.71. The number of carboxylic acids is 1. The van der Waals surface area contributed by atoms with Crippen LogP contribution in [0.3, 0.4) is 0 Å². The lowest BCUT2D eigenvalue weighted by Crippen LogP contribution is -2.05. The fourth-order valence-electron chi connectivity index (χ4n) is 3.10. The van der Waals surface area contributed by atoms with Crippen molar-refractivity contribution in [2.75, 3.05) is 5.32 Å². The number of carboxylic acid groups (broad SMARTS) is 1. The van der Waals surface area contributed by atoms with Crippen molar-refractivity contribution >= 4 is 28.4 Å². The van der Waals surface area contributed by atoms with Gasteiger partial charge < -0.3 is 10.4 Å². The molecule has 0 unspecified atom stereocenters. The predicted octanol–water partition coefficient (Wildman–Crippen LogP) is 5.62. The number of halogens is 4. The van der Waals surface area contributed by atoms with E-state index in [2.05, 4.69) is 20.3 Å². The Labute approximate surface area is 178 Å². The minimum atomic E-state index is -4.42. The first-order chi connectivity index (χ1) is 15.3. The molecule has 32 heavy (non-hydrogen) atoms. The Bertz CT molecular complexity index is 1310. The molecule has 0 saturated carbocycles. The molecule has 6 nitrogen and oxygen atoms in total. The molecule has 0 amide bonds. The van der Waals surface area contributed by atoms with E-state index < -0.39 is 24.4 Å². The molecule has 0 saturated heterocycles. The highest BCUT2D eigenvalue weighted by Gasteiger charge is 2.29. The molecular formula is C22H14F4N4O2. The molecule has 0 aliphatic rings. The molecule has 1 aromatic carbocycles. The molecule has 0 aliphatic heterocycles. The minimum absolute atomic E-state index is 0.0946. The van der Waals surface area contributed by atoms with Crippen LogP contribution in [0.2, 0.25) is 0 Å². The van der Waals surface area contributed by atoms with E-state index in [1.807, 2.05) is 0 Å². The summed E-state index contributed by atoms with van der Waals surface area (Å²) in [5.41, 5.74) is 0.771. The topological polar surface area (TPSA) is 88.0 Å². The van der Waals surface area contributed by atoms with Gasteiger partial charge in [-0.3, -0.25) is 0 Å². The van der Waals surface area contributed by atoms with E-state index in [1.165, 1.54) is 30.5 Å². The summed E-state index contributed by atoms with van der Waals surface area (Å²) in [7, 11) is 0. The third-order valence-electron chi connectivity index (χ3n) is 4.68. The summed E-state index contributed by atoms with van der Waals surface area (Å²) in [5, 5.41) is 12.8. The summed E-state index contributed by atoms with van der Waals surface area (Å²) < 4.78 is 51.7. The van der Waals surface area contributed by atoms with Gasteiger partial charge in [-0.2, -0.15) is 13.2 Å². The molecule has 0 atom stereocenters. The van der Waals surface area contributed by atoms with Crippen LogP contribution in [0, 0.1) is 0 Å². The van der Waals surface area contributed by atoms with Gasteiger partial charge in [-0.1, -0.05) is 6.07 Å².